The van der Waals surface area contributed by atoms with Crippen molar-refractivity contribution in [1.29, 1.82) is 0 Å². The topological polar surface area (TPSA) is 35.6 Å². The Balaban J connectivity index is 1.72. The summed E-state index contributed by atoms with van der Waals surface area (Å²) in [6, 6.07) is 10.4. The number of piperazine rings is 1. The van der Waals surface area contributed by atoms with Gasteiger partial charge < -0.3 is 15.1 Å². The number of para-hydroxylation sites is 1. The molecule has 1 aromatic rings. The quantitative estimate of drug-likeness (QED) is 0.803. The lowest BCUT2D eigenvalue weighted by Gasteiger charge is -2.36. The van der Waals surface area contributed by atoms with Crippen molar-refractivity contribution >= 4 is 11.6 Å². The third-order valence-electron chi connectivity index (χ3n) is 3.74. The summed E-state index contributed by atoms with van der Waals surface area (Å²) >= 11 is 0. The van der Waals surface area contributed by atoms with Crippen molar-refractivity contribution in [2.45, 2.75) is 19.8 Å². The molecule has 1 amide bonds. The highest BCUT2D eigenvalue weighted by Gasteiger charge is 2.20. The molecule has 1 N–H and O–H groups in total. The molecular formula is C16H25N3O. The first kappa shape index (κ1) is 14.9. The number of anilines is 1. The van der Waals surface area contributed by atoms with Gasteiger partial charge in [0.1, 0.15) is 0 Å². The monoisotopic (exact) mass is 275 g/mol. The Kier molecular flexibility index (Phi) is 5.87. The molecular weight excluding hydrogens is 250 g/mol. The van der Waals surface area contributed by atoms with Crippen molar-refractivity contribution in [3.05, 3.63) is 30.3 Å². The van der Waals surface area contributed by atoms with E-state index < -0.39 is 0 Å². The van der Waals surface area contributed by atoms with Crippen molar-refractivity contribution in [2.24, 2.45) is 0 Å². The average Bonchev–Trinajstić information content (AvgIpc) is 2.52. The van der Waals surface area contributed by atoms with Crippen LogP contribution in [0.3, 0.4) is 0 Å². The molecule has 0 saturated carbocycles. The standard InChI is InChI=1S/C16H25N3O/c1-2-3-9-17-14-16(20)19-12-10-18(11-13-19)15-7-5-4-6-8-15/h4-8,17H,2-3,9-14H2,1H3. The molecule has 110 valence electrons. The van der Waals surface area contributed by atoms with Gasteiger partial charge in [-0.25, -0.2) is 0 Å². The molecule has 1 aliphatic rings. The second-order valence-corrected chi connectivity index (χ2v) is 5.23. The molecule has 0 spiro atoms. The Bertz CT molecular complexity index is 399. The zero-order valence-corrected chi connectivity index (χ0v) is 12.3. The zero-order valence-electron chi connectivity index (χ0n) is 12.3. The van der Waals surface area contributed by atoms with Gasteiger partial charge in [0, 0.05) is 31.9 Å². The van der Waals surface area contributed by atoms with E-state index >= 15 is 0 Å². The first-order valence-electron chi connectivity index (χ1n) is 7.59. The van der Waals surface area contributed by atoms with Gasteiger partial charge in [0.05, 0.1) is 6.54 Å². The van der Waals surface area contributed by atoms with E-state index in [4.69, 9.17) is 0 Å². The Morgan fingerprint density at radius 3 is 2.50 bits per heavy atom. The zero-order chi connectivity index (χ0) is 14.2. The maximum atomic E-state index is 12.0. The van der Waals surface area contributed by atoms with Crippen molar-refractivity contribution in [3.63, 3.8) is 0 Å². The van der Waals surface area contributed by atoms with E-state index in [0.29, 0.717) is 6.54 Å². The summed E-state index contributed by atoms with van der Waals surface area (Å²) in [5.74, 6) is 0.230. The second kappa shape index (κ2) is 7.90. The number of nitrogens with one attached hydrogen (secondary N) is 1. The third kappa shape index (κ3) is 4.23. The molecule has 4 nitrogen and oxygen atoms in total. The second-order valence-electron chi connectivity index (χ2n) is 5.23. The summed E-state index contributed by atoms with van der Waals surface area (Å²) in [5, 5.41) is 3.22. The molecule has 4 heteroatoms. The predicted octanol–water partition coefficient (Wildman–Crippen LogP) is 1.72. The van der Waals surface area contributed by atoms with Crippen LogP contribution in [0.15, 0.2) is 30.3 Å². The van der Waals surface area contributed by atoms with Gasteiger partial charge in [-0.3, -0.25) is 4.79 Å². The van der Waals surface area contributed by atoms with E-state index in [1.54, 1.807) is 0 Å². The molecule has 0 aliphatic carbocycles. The highest BCUT2D eigenvalue weighted by molar-refractivity contribution is 5.78. The van der Waals surface area contributed by atoms with Crippen molar-refractivity contribution in [3.8, 4) is 0 Å². The number of hydrogen-bond acceptors (Lipinski definition) is 3. The third-order valence-corrected chi connectivity index (χ3v) is 3.74. The lowest BCUT2D eigenvalue weighted by molar-refractivity contribution is -0.130. The Morgan fingerprint density at radius 1 is 1.15 bits per heavy atom. The molecule has 0 unspecified atom stereocenters. The van der Waals surface area contributed by atoms with Crippen LogP contribution >= 0.6 is 0 Å². The lowest BCUT2D eigenvalue weighted by Crippen LogP contribution is -2.50. The van der Waals surface area contributed by atoms with E-state index in [1.807, 2.05) is 11.0 Å². The normalized spacial score (nSPS) is 15.4. The summed E-state index contributed by atoms with van der Waals surface area (Å²) < 4.78 is 0. The van der Waals surface area contributed by atoms with Crippen LogP contribution in [-0.2, 0) is 4.79 Å². The van der Waals surface area contributed by atoms with Gasteiger partial charge >= 0.3 is 0 Å². The minimum Gasteiger partial charge on any atom is -0.368 e. The van der Waals surface area contributed by atoms with Crippen molar-refractivity contribution in [1.82, 2.24) is 10.2 Å². The minimum atomic E-state index is 0.230. The van der Waals surface area contributed by atoms with Crippen LogP contribution in [0.4, 0.5) is 5.69 Å². The van der Waals surface area contributed by atoms with Crippen molar-refractivity contribution < 1.29 is 4.79 Å². The van der Waals surface area contributed by atoms with Gasteiger partial charge in [-0.2, -0.15) is 0 Å². The lowest BCUT2D eigenvalue weighted by atomic mass is 10.2. The number of amides is 1. The Morgan fingerprint density at radius 2 is 1.85 bits per heavy atom. The van der Waals surface area contributed by atoms with Gasteiger partial charge in [0.25, 0.3) is 0 Å². The predicted molar refractivity (Wildman–Crippen MR) is 83.0 cm³/mol. The summed E-state index contributed by atoms with van der Waals surface area (Å²) in [4.78, 5) is 16.4. The van der Waals surface area contributed by atoms with Crippen LogP contribution in [0.1, 0.15) is 19.8 Å². The van der Waals surface area contributed by atoms with Crippen LogP contribution < -0.4 is 10.2 Å². The average molecular weight is 275 g/mol. The van der Waals surface area contributed by atoms with Crippen LogP contribution in [0, 0.1) is 0 Å². The SMILES string of the molecule is CCCCNCC(=O)N1CCN(c2ccccc2)CC1. The Hall–Kier alpha value is -1.55. The first-order valence-corrected chi connectivity index (χ1v) is 7.59. The fourth-order valence-corrected chi connectivity index (χ4v) is 2.46. The number of hydrogen-bond donors (Lipinski definition) is 1. The number of benzene rings is 1. The molecule has 0 bridgehead atoms. The largest absolute Gasteiger partial charge is 0.368 e. The van der Waals surface area contributed by atoms with Crippen LogP contribution in [0.5, 0.6) is 0 Å². The van der Waals surface area contributed by atoms with Gasteiger partial charge in [0.2, 0.25) is 5.91 Å². The van der Waals surface area contributed by atoms with Crippen LogP contribution in [-0.4, -0.2) is 50.1 Å². The van der Waals surface area contributed by atoms with Gasteiger partial charge in [-0.1, -0.05) is 31.5 Å². The summed E-state index contributed by atoms with van der Waals surface area (Å²) in [6.45, 7) is 7.06. The molecule has 1 fully saturated rings. The van der Waals surface area contributed by atoms with E-state index in [2.05, 4.69) is 41.4 Å². The van der Waals surface area contributed by atoms with Crippen LogP contribution in [0.25, 0.3) is 0 Å². The van der Waals surface area contributed by atoms with Gasteiger partial charge in [-0.15, -0.1) is 0 Å². The molecule has 20 heavy (non-hydrogen) atoms. The molecule has 1 saturated heterocycles. The van der Waals surface area contributed by atoms with E-state index in [0.717, 1.165) is 45.6 Å². The van der Waals surface area contributed by atoms with E-state index in [1.165, 1.54) is 5.69 Å². The van der Waals surface area contributed by atoms with Gasteiger partial charge in [-0.05, 0) is 25.1 Å². The highest BCUT2D eigenvalue weighted by atomic mass is 16.2. The summed E-state index contributed by atoms with van der Waals surface area (Å²) in [7, 11) is 0. The van der Waals surface area contributed by atoms with E-state index in [-0.39, 0.29) is 5.91 Å². The number of rotatable bonds is 6. The van der Waals surface area contributed by atoms with Gasteiger partial charge in [0.15, 0.2) is 0 Å². The molecule has 0 atom stereocenters. The minimum absolute atomic E-state index is 0.230. The summed E-state index contributed by atoms with van der Waals surface area (Å²) in [6.07, 6.45) is 2.30. The highest BCUT2D eigenvalue weighted by Crippen LogP contribution is 2.15. The number of unbranched alkanes of at least 4 members (excludes halogenated alkanes) is 1. The number of nitrogens with zero attached hydrogens (tertiary/aromatic N) is 2. The fraction of sp³-hybridized carbons (Fsp3) is 0.562. The first-order chi connectivity index (χ1) is 9.81. The maximum Gasteiger partial charge on any atom is 0.236 e. The number of carbonyl (C=O) groups excluding carboxylic acids is 1. The molecule has 0 radical (unpaired) electrons. The molecule has 1 aromatic carbocycles. The molecule has 2 rings (SSSR count). The fourth-order valence-electron chi connectivity index (χ4n) is 2.46. The van der Waals surface area contributed by atoms with Crippen molar-refractivity contribution in [2.75, 3.05) is 44.2 Å². The molecule has 0 aromatic heterocycles. The molecule has 1 aliphatic heterocycles. The van der Waals surface area contributed by atoms with E-state index in [9.17, 15) is 4.79 Å². The Labute approximate surface area is 121 Å². The maximum absolute atomic E-state index is 12.0. The molecule has 1 heterocycles. The smallest absolute Gasteiger partial charge is 0.236 e. The number of carbonyl (C=O) groups is 1. The summed E-state index contributed by atoms with van der Waals surface area (Å²) in [5.41, 5.74) is 1.25. The van der Waals surface area contributed by atoms with Crippen LogP contribution in [0.2, 0.25) is 0 Å².